The molecular weight excluding hydrogens is 398 g/mol. The molecule has 0 radical (unpaired) electrons. The number of fused-ring (bicyclic) bond motifs is 1. The summed E-state index contributed by atoms with van der Waals surface area (Å²) in [5, 5.41) is 0.891. The third kappa shape index (κ3) is 2.79. The normalized spacial score (nSPS) is 11.7. The molecule has 4 rings (SSSR count). The van der Waals surface area contributed by atoms with Crippen molar-refractivity contribution in [3.05, 3.63) is 89.4 Å². The van der Waals surface area contributed by atoms with Crippen LogP contribution in [0.25, 0.3) is 22.2 Å². The molecule has 1 aromatic heterocycles. The number of rotatable bonds is 3. The van der Waals surface area contributed by atoms with Gasteiger partial charge in [-0.05, 0) is 42.0 Å². The van der Waals surface area contributed by atoms with Gasteiger partial charge in [0.1, 0.15) is 0 Å². The lowest BCUT2D eigenvalue weighted by atomic mass is 10.1. The third-order valence-corrected chi connectivity index (χ3v) is 6.36. The molecule has 3 nitrogen and oxygen atoms in total. The fourth-order valence-electron chi connectivity index (χ4n) is 2.91. The van der Waals surface area contributed by atoms with Crippen molar-refractivity contribution < 1.29 is 8.42 Å². The summed E-state index contributed by atoms with van der Waals surface area (Å²) in [6.45, 7) is 0. The zero-order valence-corrected chi connectivity index (χ0v) is 15.5. The molecule has 0 fully saturated rings. The molecule has 0 unspecified atom stereocenters. The Labute approximate surface area is 154 Å². The zero-order valence-electron chi connectivity index (χ0n) is 13.1. The van der Waals surface area contributed by atoms with Crippen LogP contribution < -0.4 is 0 Å². The summed E-state index contributed by atoms with van der Waals surface area (Å²) in [5.74, 6) is 0. The Balaban J connectivity index is 2.05. The van der Waals surface area contributed by atoms with Gasteiger partial charge in [-0.25, -0.2) is 12.4 Å². The Bertz CT molecular complexity index is 1150. The monoisotopic (exact) mass is 411 g/mol. The summed E-state index contributed by atoms with van der Waals surface area (Å²) in [4.78, 5) is 0.259. The maximum Gasteiger partial charge on any atom is 0.268 e. The summed E-state index contributed by atoms with van der Waals surface area (Å²) in [6, 6.07) is 25.7. The van der Waals surface area contributed by atoms with Crippen LogP contribution >= 0.6 is 15.9 Å². The van der Waals surface area contributed by atoms with Gasteiger partial charge in [0.05, 0.1) is 16.1 Å². The highest BCUT2D eigenvalue weighted by molar-refractivity contribution is 9.10. The van der Waals surface area contributed by atoms with Crippen molar-refractivity contribution >= 4 is 36.9 Å². The summed E-state index contributed by atoms with van der Waals surface area (Å²) >= 11 is 3.35. The van der Waals surface area contributed by atoms with E-state index in [9.17, 15) is 8.42 Å². The lowest BCUT2D eigenvalue weighted by molar-refractivity contribution is 0.589. The Morgan fingerprint density at radius 3 is 2.12 bits per heavy atom. The van der Waals surface area contributed by atoms with E-state index in [1.54, 1.807) is 24.3 Å². The number of nitrogens with zero attached hydrogens (tertiary/aromatic N) is 1. The first kappa shape index (κ1) is 16.1. The van der Waals surface area contributed by atoms with E-state index in [0.717, 1.165) is 15.4 Å². The summed E-state index contributed by atoms with van der Waals surface area (Å²) in [5.41, 5.74) is 2.19. The molecule has 1 heterocycles. The van der Waals surface area contributed by atoms with Crippen LogP contribution in [0, 0.1) is 0 Å². The van der Waals surface area contributed by atoms with Crippen molar-refractivity contribution in [3.63, 3.8) is 0 Å². The average Bonchev–Trinajstić information content (AvgIpc) is 3.03. The number of aromatic nitrogens is 1. The van der Waals surface area contributed by atoms with Crippen LogP contribution in [0.1, 0.15) is 0 Å². The maximum atomic E-state index is 13.4. The van der Waals surface area contributed by atoms with Gasteiger partial charge < -0.3 is 0 Å². The minimum absolute atomic E-state index is 0.259. The smallest absolute Gasteiger partial charge is 0.233 e. The molecule has 5 heteroatoms. The van der Waals surface area contributed by atoms with Gasteiger partial charge in [-0.15, -0.1) is 0 Å². The molecule has 0 saturated heterocycles. The summed E-state index contributed by atoms with van der Waals surface area (Å²) < 4.78 is 29.0. The van der Waals surface area contributed by atoms with E-state index in [4.69, 9.17) is 0 Å². The van der Waals surface area contributed by atoms with Crippen LogP contribution in [-0.2, 0) is 10.0 Å². The van der Waals surface area contributed by atoms with E-state index in [0.29, 0.717) is 11.2 Å². The molecule has 0 bridgehead atoms. The SMILES string of the molecule is O=S(=O)(c1ccc(Br)cc1)n1c(-c2ccccc2)cc2ccccc21. The fraction of sp³-hybridized carbons (Fsp3) is 0. The quantitative estimate of drug-likeness (QED) is 0.458. The van der Waals surface area contributed by atoms with Gasteiger partial charge in [-0.1, -0.05) is 64.5 Å². The Kier molecular flexibility index (Phi) is 3.98. The van der Waals surface area contributed by atoms with E-state index in [-0.39, 0.29) is 4.90 Å². The summed E-state index contributed by atoms with van der Waals surface area (Å²) in [6.07, 6.45) is 0. The lowest BCUT2D eigenvalue weighted by Crippen LogP contribution is -2.14. The molecule has 0 atom stereocenters. The van der Waals surface area contributed by atoms with Crippen LogP contribution in [0.4, 0.5) is 0 Å². The highest BCUT2D eigenvalue weighted by atomic mass is 79.9. The largest absolute Gasteiger partial charge is 0.268 e. The van der Waals surface area contributed by atoms with Crippen molar-refractivity contribution in [2.24, 2.45) is 0 Å². The number of halogens is 1. The topological polar surface area (TPSA) is 39.1 Å². The highest BCUT2D eigenvalue weighted by Gasteiger charge is 2.23. The van der Waals surface area contributed by atoms with Crippen molar-refractivity contribution in [3.8, 4) is 11.3 Å². The van der Waals surface area contributed by atoms with E-state index in [2.05, 4.69) is 15.9 Å². The first-order valence-corrected chi connectivity index (χ1v) is 9.98. The Morgan fingerprint density at radius 2 is 1.40 bits per heavy atom. The first-order valence-electron chi connectivity index (χ1n) is 7.74. The second-order valence-corrected chi connectivity index (χ2v) is 8.38. The number of benzene rings is 3. The zero-order chi connectivity index (χ0) is 17.4. The fourth-order valence-corrected chi connectivity index (χ4v) is 4.71. The Hall–Kier alpha value is -2.37. The summed E-state index contributed by atoms with van der Waals surface area (Å²) in [7, 11) is -3.72. The van der Waals surface area contributed by atoms with Gasteiger partial charge in [0.2, 0.25) is 0 Å². The van der Waals surface area contributed by atoms with E-state index in [1.807, 2.05) is 60.7 Å². The van der Waals surface area contributed by atoms with E-state index in [1.165, 1.54) is 3.97 Å². The number of para-hydroxylation sites is 1. The van der Waals surface area contributed by atoms with Gasteiger partial charge in [0.25, 0.3) is 10.0 Å². The van der Waals surface area contributed by atoms with Crippen molar-refractivity contribution in [2.45, 2.75) is 4.90 Å². The molecule has 0 amide bonds. The Morgan fingerprint density at radius 1 is 0.760 bits per heavy atom. The van der Waals surface area contributed by atoms with Crippen molar-refractivity contribution in [2.75, 3.05) is 0 Å². The van der Waals surface area contributed by atoms with Crippen molar-refractivity contribution in [1.29, 1.82) is 0 Å². The molecule has 0 aliphatic carbocycles. The molecule has 0 saturated carbocycles. The van der Waals surface area contributed by atoms with Crippen LogP contribution in [0.5, 0.6) is 0 Å². The predicted molar refractivity (Wildman–Crippen MR) is 104 cm³/mol. The van der Waals surface area contributed by atoms with Gasteiger partial charge in [0.15, 0.2) is 0 Å². The second-order valence-electron chi connectivity index (χ2n) is 5.68. The molecule has 0 aliphatic rings. The van der Waals surface area contributed by atoms with E-state index >= 15 is 0 Å². The lowest BCUT2D eigenvalue weighted by Gasteiger charge is -2.12. The average molecular weight is 412 g/mol. The maximum absolute atomic E-state index is 13.4. The molecule has 4 aromatic rings. The second kappa shape index (κ2) is 6.17. The number of hydrogen-bond acceptors (Lipinski definition) is 2. The van der Waals surface area contributed by atoms with Crippen LogP contribution in [-0.4, -0.2) is 12.4 Å². The third-order valence-electron chi connectivity index (χ3n) is 4.09. The molecule has 0 N–H and O–H groups in total. The van der Waals surface area contributed by atoms with Crippen molar-refractivity contribution in [1.82, 2.24) is 3.97 Å². The number of hydrogen-bond donors (Lipinski definition) is 0. The standard InChI is InChI=1S/C20H14BrNO2S/c21-17-10-12-18(13-11-17)25(23,24)22-19-9-5-4-8-16(19)14-20(22)15-6-2-1-3-7-15/h1-14H. The molecular formula is C20H14BrNO2S. The minimum Gasteiger partial charge on any atom is -0.233 e. The minimum atomic E-state index is -3.72. The highest BCUT2D eigenvalue weighted by Crippen LogP contribution is 2.32. The first-order chi connectivity index (χ1) is 12.1. The van der Waals surface area contributed by atoms with Gasteiger partial charge in [0, 0.05) is 9.86 Å². The van der Waals surface area contributed by atoms with Crippen LogP contribution in [0.2, 0.25) is 0 Å². The molecule has 0 aliphatic heterocycles. The van der Waals surface area contributed by atoms with Gasteiger partial charge >= 0.3 is 0 Å². The van der Waals surface area contributed by atoms with Gasteiger partial charge in [-0.2, -0.15) is 0 Å². The molecule has 124 valence electrons. The van der Waals surface area contributed by atoms with Crippen LogP contribution in [0.3, 0.4) is 0 Å². The van der Waals surface area contributed by atoms with E-state index < -0.39 is 10.0 Å². The molecule has 25 heavy (non-hydrogen) atoms. The van der Waals surface area contributed by atoms with Gasteiger partial charge in [-0.3, -0.25) is 0 Å². The van der Waals surface area contributed by atoms with Crippen LogP contribution in [0.15, 0.2) is 94.3 Å². The molecule has 3 aromatic carbocycles. The molecule has 0 spiro atoms. The predicted octanol–water partition coefficient (Wildman–Crippen LogP) is 5.31.